The Morgan fingerprint density at radius 2 is 1.95 bits per heavy atom. The van der Waals surface area contributed by atoms with E-state index >= 15 is 0 Å². The minimum absolute atomic E-state index is 0.0246. The van der Waals surface area contributed by atoms with E-state index in [1.165, 1.54) is 18.2 Å². The van der Waals surface area contributed by atoms with Crippen LogP contribution in [0, 0.1) is 18.3 Å². The Balaban J connectivity index is 2.38. The van der Waals surface area contributed by atoms with Gasteiger partial charge in [-0.15, -0.1) is 0 Å². The highest BCUT2D eigenvalue weighted by molar-refractivity contribution is 7.92. The largest absolute Gasteiger partial charge is 0.397 e. The van der Waals surface area contributed by atoms with E-state index in [4.69, 9.17) is 11.0 Å². The minimum Gasteiger partial charge on any atom is -0.397 e. The molecule has 6 heteroatoms. The highest BCUT2D eigenvalue weighted by Crippen LogP contribution is 2.23. The van der Waals surface area contributed by atoms with Gasteiger partial charge in [0, 0.05) is 0 Å². The molecule has 0 bridgehead atoms. The van der Waals surface area contributed by atoms with Crippen molar-refractivity contribution in [2.45, 2.75) is 11.8 Å². The zero-order valence-electron chi connectivity index (χ0n) is 10.8. The molecule has 0 unspecified atom stereocenters. The second-order valence-electron chi connectivity index (χ2n) is 4.34. The predicted molar refractivity (Wildman–Crippen MR) is 77.6 cm³/mol. The quantitative estimate of drug-likeness (QED) is 0.846. The van der Waals surface area contributed by atoms with Crippen molar-refractivity contribution in [2.24, 2.45) is 0 Å². The van der Waals surface area contributed by atoms with E-state index in [1.807, 2.05) is 13.0 Å². The van der Waals surface area contributed by atoms with Gasteiger partial charge >= 0.3 is 0 Å². The lowest BCUT2D eigenvalue weighted by atomic mass is 10.2. The lowest BCUT2D eigenvalue weighted by Gasteiger charge is -2.11. The van der Waals surface area contributed by atoms with Crippen molar-refractivity contribution in [2.75, 3.05) is 10.5 Å². The summed E-state index contributed by atoms with van der Waals surface area (Å²) in [4.78, 5) is 0.0246. The molecule has 0 aliphatic heterocycles. The molecule has 0 radical (unpaired) electrons. The molecular formula is C14H13N3O2S. The molecule has 0 heterocycles. The van der Waals surface area contributed by atoms with E-state index in [2.05, 4.69) is 4.72 Å². The van der Waals surface area contributed by atoms with Gasteiger partial charge in [0.1, 0.15) is 0 Å². The van der Waals surface area contributed by atoms with E-state index in [1.54, 1.807) is 24.3 Å². The van der Waals surface area contributed by atoms with Gasteiger partial charge in [-0.25, -0.2) is 8.42 Å². The maximum absolute atomic E-state index is 12.2. The summed E-state index contributed by atoms with van der Waals surface area (Å²) < 4.78 is 26.9. The standard InChI is InChI=1S/C14H13N3O2S/c1-10-5-6-14(13(16)7-10)17-20(18,19)12-4-2-3-11(8-12)9-15/h2-8,17H,16H2,1H3. The van der Waals surface area contributed by atoms with Crippen LogP contribution in [-0.2, 0) is 10.0 Å². The summed E-state index contributed by atoms with van der Waals surface area (Å²) in [5, 5.41) is 8.81. The number of aryl methyl sites for hydroxylation is 1. The number of benzene rings is 2. The van der Waals surface area contributed by atoms with E-state index in [-0.39, 0.29) is 10.5 Å². The van der Waals surface area contributed by atoms with Crippen molar-refractivity contribution in [3.8, 4) is 6.07 Å². The fourth-order valence-electron chi connectivity index (χ4n) is 1.71. The van der Waals surface area contributed by atoms with Crippen molar-refractivity contribution in [1.82, 2.24) is 0 Å². The van der Waals surface area contributed by atoms with Crippen LogP contribution in [0.3, 0.4) is 0 Å². The fraction of sp³-hybridized carbons (Fsp3) is 0.0714. The number of nitrogen functional groups attached to an aromatic ring is 1. The Labute approximate surface area is 117 Å². The molecule has 2 aromatic rings. The molecule has 2 aromatic carbocycles. The number of hydrogen-bond acceptors (Lipinski definition) is 4. The molecule has 0 atom stereocenters. The molecule has 0 saturated heterocycles. The average molecular weight is 287 g/mol. The van der Waals surface area contributed by atoms with Gasteiger partial charge in [-0.2, -0.15) is 5.26 Å². The molecule has 5 nitrogen and oxygen atoms in total. The Morgan fingerprint density at radius 3 is 2.60 bits per heavy atom. The van der Waals surface area contributed by atoms with Crippen molar-refractivity contribution >= 4 is 21.4 Å². The third kappa shape index (κ3) is 2.90. The monoisotopic (exact) mass is 287 g/mol. The Bertz CT molecular complexity index is 792. The van der Waals surface area contributed by atoms with Crippen LogP contribution < -0.4 is 10.5 Å². The van der Waals surface area contributed by atoms with Gasteiger partial charge in [0.2, 0.25) is 0 Å². The molecule has 0 saturated carbocycles. The van der Waals surface area contributed by atoms with E-state index in [9.17, 15) is 8.42 Å². The Kier molecular flexibility index (Phi) is 3.63. The molecule has 0 aromatic heterocycles. The first-order valence-electron chi connectivity index (χ1n) is 5.81. The maximum atomic E-state index is 12.2. The first-order valence-corrected chi connectivity index (χ1v) is 7.30. The molecule has 0 spiro atoms. The van der Waals surface area contributed by atoms with Gasteiger partial charge in [-0.1, -0.05) is 12.1 Å². The number of rotatable bonds is 3. The molecule has 0 aliphatic carbocycles. The van der Waals surface area contributed by atoms with Crippen LogP contribution in [0.25, 0.3) is 0 Å². The summed E-state index contributed by atoms with van der Waals surface area (Å²) in [6.45, 7) is 1.87. The molecule has 0 amide bonds. The van der Waals surface area contributed by atoms with Gasteiger partial charge in [-0.05, 0) is 42.8 Å². The number of hydrogen-bond donors (Lipinski definition) is 2. The molecule has 0 fully saturated rings. The average Bonchev–Trinajstić information content (AvgIpc) is 2.42. The number of nitrogens with zero attached hydrogens (tertiary/aromatic N) is 1. The molecular weight excluding hydrogens is 274 g/mol. The third-order valence-corrected chi connectivity index (χ3v) is 4.09. The molecule has 102 valence electrons. The van der Waals surface area contributed by atoms with Crippen molar-refractivity contribution in [1.29, 1.82) is 5.26 Å². The van der Waals surface area contributed by atoms with Crippen LogP contribution in [0.1, 0.15) is 11.1 Å². The summed E-state index contributed by atoms with van der Waals surface area (Å²) >= 11 is 0. The topological polar surface area (TPSA) is 96.0 Å². The molecule has 20 heavy (non-hydrogen) atoms. The molecule has 0 aliphatic rings. The fourth-order valence-corrected chi connectivity index (χ4v) is 2.84. The van der Waals surface area contributed by atoms with Crippen LogP contribution in [0.4, 0.5) is 11.4 Å². The van der Waals surface area contributed by atoms with Gasteiger partial charge in [-0.3, -0.25) is 4.72 Å². The number of nitriles is 1. The SMILES string of the molecule is Cc1ccc(NS(=O)(=O)c2cccc(C#N)c2)c(N)c1. The summed E-state index contributed by atoms with van der Waals surface area (Å²) in [7, 11) is -3.76. The van der Waals surface area contributed by atoms with Gasteiger partial charge in [0.15, 0.2) is 0 Å². The smallest absolute Gasteiger partial charge is 0.262 e. The van der Waals surface area contributed by atoms with Crippen LogP contribution >= 0.6 is 0 Å². The molecule has 2 rings (SSSR count). The van der Waals surface area contributed by atoms with Crippen LogP contribution in [0.5, 0.6) is 0 Å². The number of nitrogens with one attached hydrogen (secondary N) is 1. The summed E-state index contributed by atoms with van der Waals surface area (Å²) in [5.41, 5.74) is 7.68. The lowest BCUT2D eigenvalue weighted by molar-refractivity contribution is 0.601. The Morgan fingerprint density at radius 1 is 1.20 bits per heavy atom. The van der Waals surface area contributed by atoms with Gasteiger partial charge in [0.25, 0.3) is 10.0 Å². The number of anilines is 2. The predicted octanol–water partition coefficient (Wildman–Crippen LogP) is 2.25. The zero-order chi connectivity index (χ0) is 14.8. The lowest BCUT2D eigenvalue weighted by Crippen LogP contribution is -2.14. The van der Waals surface area contributed by atoms with Crippen LogP contribution in [-0.4, -0.2) is 8.42 Å². The van der Waals surface area contributed by atoms with Crippen molar-refractivity contribution in [3.63, 3.8) is 0 Å². The summed E-state index contributed by atoms with van der Waals surface area (Å²) in [6, 6.07) is 12.8. The van der Waals surface area contributed by atoms with E-state index in [0.29, 0.717) is 11.4 Å². The third-order valence-electron chi connectivity index (χ3n) is 2.72. The normalized spacial score (nSPS) is 10.8. The van der Waals surface area contributed by atoms with Gasteiger partial charge in [0.05, 0.1) is 27.9 Å². The highest BCUT2D eigenvalue weighted by atomic mass is 32.2. The van der Waals surface area contributed by atoms with Crippen LogP contribution in [0.2, 0.25) is 0 Å². The number of sulfonamides is 1. The zero-order valence-corrected chi connectivity index (χ0v) is 11.6. The minimum atomic E-state index is -3.76. The van der Waals surface area contributed by atoms with Crippen molar-refractivity contribution in [3.05, 3.63) is 53.6 Å². The second-order valence-corrected chi connectivity index (χ2v) is 6.02. The highest BCUT2D eigenvalue weighted by Gasteiger charge is 2.15. The van der Waals surface area contributed by atoms with E-state index < -0.39 is 10.0 Å². The summed E-state index contributed by atoms with van der Waals surface area (Å²) in [5.74, 6) is 0. The van der Waals surface area contributed by atoms with E-state index in [0.717, 1.165) is 5.56 Å². The first kappa shape index (κ1) is 13.9. The first-order chi connectivity index (χ1) is 9.42. The molecule has 3 N–H and O–H groups in total. The maximum Gasteiger partial charge on any atom is 0.262 e. The Hall–Kier alpha value is -2.52. The van der Waals surface area contributed by atoms with Crippen LogP contribution in [0.15, 0.2) is 47.4 Å². The van der Waals surface area contributed by atoms with Gasteiger partial charge < -0.3 is 5.73 Å². The summed E-state index contributed by atoms with van der Waals surface area (Å²) in [6.07, 6.45) is 0. The number of nitrogens with two attached hydrogens (primary N) is 1. The van der Waals surface area contributed by atoms with Crippen molar-refractivity contribution < 1.29 is 8.42 Å². The second kappa shape index (κ2) is 5.23.